The number of hydrogen-bond donors (Lipinski definition) is 2. The van der Waals surface area contributed by atoms with Crippen LogP contribution < -0.4 is 10.6 Å². The van der Waals surface area contributed by atoms with E-state index in [0.29, 0.717) is 11.4 Å². The highest BCUT2D eigenvalue weighted by Crippen LogP contribution is 2.18. The van der Waals surface area contributed by atoms with Crippen LogP contribution in [0.1, 0.15) is 12.0 Å². The van der Waals surface area contributed by atoms with Gasteiger partial charge in [0.15, 0.2) is 0 Å². The molecule has 0 fully saturated rings. The number of phenols is 1. The number of nitrogens with two attached hydrogens (primary N) is 1. The van der Waals surface area contributed by atoms with Crippen LogP contribution in [0.15, 0.2) is 54.6 Å². The monoisotopic (exact) mass is 286 g/mol. The van der Waals surface area contributed by atoms with Gasteiger partial charge in [0.05, 0.1) is 4.99 Å². The van der Waals surface area contributed by atoms with E-state index in [1.54, 1.807) is 12.1 Å². The molecule has 2 rings (SSSR count). The Kier molecular flexibility index (Phi) is 4.96. The molecular weight excluding hydrogens is 268 g/mol. The van der Waals surface area contributed by atoms with Gasteiger partial charge in [-0.3, -0.25) is 0 Å². The summed E-state index contributed by atoms with van der Waals surface area (Å²) in [5, 5.41) is 9.34. The van der Waals surface area contributed by atoms with Crippen molar-refractivity contribution in [2.75, 3.05) is 11.4 Å². The minimum atomic E-state index is 0.281. The Morgan fingerprint density at radius 2 is 1.70 bits per heavy atom. The molecule has 0 unspecified atom stereocenters. The number of aromatic hydroxyl groups is 1. The van der Waals surface area contributed by atoms with E-state index in [0.717, 1.165) is 24.3 Å². The molecule has 0 aliphatic carbocycles. The largest absolute Gasteiger partial charge is 0.508 e. The average Bonchev–Trinajstić information content (AvgIpc) is 2.46. The second-order valence-corrected chi connectivity index (χ2v) is 5.16. The first kappa shape index (κ1) is 14.3. The number of hydrogen-bond acceptors (Lipinski definition) is 3. The summed E-state index contributed by atoms with van der Waals surface area (Å²) in [5.74, 6) is 0.281. The molecule has 0 saturated heterocycles. The number of anilines is 1. The number of thiocarbonyl (C=S) groups is 1. The van der Waals surface area contributed by atoms with Crippen molar-refractivity contribution in [1.82, 2.24) is 0 Å². The third kappa shape index (κ3) is 4.24. The Labute approximate surface area is 124 Å². The summed E-state index contributed by atoms with van der Waals surface area (Å²) in [4.78, 5) is 2.75. The number of rotatable bonds is 6. The molecule has 3 nitrogen and oxygen atoms in total. The Morgan fingerprint density at radius 3 is 2.30 bits per heavy atom. The molecule has 0 bridgehead atoms. The van der Waals surface area contributed by atoms with E-state index in [1.807, 2.05) is 30.3 Å². The van der Waals surface area contributed by atoms with Gasteiger partial charge < -0.3 is 15.7 Å². The van der Waals surface area contributed by atoms with E-state index >= 15 is 0 Å². The number of benzene rings is 2. The van der Waals surface area contributed by atoms with E-state index < -0.39 is 0 Å². The quantitative estimate of drug-likeness (QED) is 0.801. The van der Waals surface area contributed by atoms with Crippen molar-refractivity contribution in [2.24, 2.45) is 5.73 Å². The topological polar surface area (TPSA) is 49.5 Å². The maximum atomic E-state index is 9.34. The smallest absolute Gasteiger partial charge is 0.115 e. The molecule has 20 heavy (non-hydrogen) atoms. The Hall–Kier alpha value is -2.07. The predicted octanol–water partition coefficient (Wildman–Crippen LogP) is 3.08. The van der Waals surface area contributed by atoms with Gasteiger partial charge in [-0.05, 0) is 29.8 Å². The first-order chi connectivity index (χ1) is 9.65. The van der Waals surface area contributed by atoms with E-state index in [1.165, 1.54) is 0 Å². The first-order valence-corrected chi connectivity index (χ1v) is 6.92. The fraction of sp³-hybridized carbons (Fsp3) is 0.188. The van der Waals surface area contributed by atoms with Crippen LogP contribution in [-0.2, 0) is 6.54 Å². The second-order valence-electron chi connectivity index (χ2n) is 4.64. The van der Waals surface area contributed by atoms with Crippen LogP contribution in [0.5, 0.6) is 5.75 Å². The van der Waals surface area contributed by atoms with Crippen LogP contribution in [0.3, 0.4) is 0 Å². The minimum Gasteiger partial charge on any atom is -0.508 e. The maximum absolute atomic E-state index is 9.34. The molecule has 0 atom stereocenters. The summed E-state index contributed by atoms with van der Waals surface area (Å²) in [5.41, 5.74) is 7.87. The minimum absolute atomic E-state index is 0.281. The van der Waals surface area contributed by atoms with Crippen LogP contribution in [0, 0.1) is 0 Å². The van der Waals surface area contributed by atoms with Gasteiger partial charge in [-0.15, -0.1) is 0 Å². The van der Waals surface area contributed by atoms with Crippen LogP contribution in [0.2, 0.25) is 0 Å². The average molecular weight is 286 g/mol. The molecule has 104 valence electrons. The van der Waals surface area contributed by atoms with Crippen molar-refractivity contribution >= 4 is 22.9 Å². The third-order valence-corrected chi connectivity index (χ3v) is 3.26. The highest BCUT2D eigenvalue weighted by molar-refractivity contribution is 7.80. The molecule has 2 aromatic rings. The molecule has 0 saturated carbocycles. The second kappa shape index (κ2) is 6.91. The molecule has 0 aliphatic rings. The van der Waals surface area contributed by atoms with Crippen LogP contribution in [0.25, 0.3) is 0 Å². The first-order valence-electron chi connectivity index (χ1n) is 6.51. The number of nitrogens with zero attached hydrogens (tertiary/aromatic N) is 1. The molecule has 4 heteroatoms. The molecule has 0 heterocycles. The summed E-state index contributed by atoms with van der Waals surface area (Å²) in [6.45, 7) is 1.53. The highest BCUT2D eigenvalue weighted by atomic mass is 32.1. The molecule has 0 aromatic heterocycles. The number of para-hydroxylation sites is 1. The van der Waals surface area contributed by atoms with E-state index in [2.05, 4.69) is 17.0 Å². The van der Waals surface area contributed by atoms with Gasteiger partial charge in [-0.25, -0.2) is 0 Å². The molecule has 3 N–H and O–H groups in total. The number of phenolic OH excluding ortho intramolecular Hbond substituents is 1. The SMILES string of the molecule is NC(=S)CCN(Cc1ccc(O)cc1)c1ccccc1. The van der Waals surface area contributed by atoms with E-state index in [4.69, 9.17) is 18.0 Å². The van der Waals surface area contributed by atoms with Gasteiger partial charge in [0.1, 0.15) is 5.75 Å². The van der Waals surface area contributed by atoms with Crippen molar-refractivity contribution < 1.29 is 5.11 Å². The van der Waals surface area contributed by atoms with Crippen molar-refractivity contribution in [3.05, 3.63) is 60.2 Å². The van der Waals surface area contributed by atoms with Crippen molar-refractivity contribution in [3.8, 4) is 5.75 Å². The zero-order valence-electron chi connectivity index (χ0n) is 11.2. The zero-order chi connectivity index (χ0) is 14.4. The summed E-state index contributed by atoms with van der Waals surface area (Å²) in [6.07, 6.45) is 0.683. The Balaban J connectivity index is 2.13. The van der Waals surface area contributed by atoms with Crippen molar-refractivity contribution in [3.63, 3.8) is 0 Å². The van der Waals surface area contributed by atoms with Crippen LogP contribution >= 0.6 is 12.2 Å². The summed E-state index contributed by atoms with van der Waals surface area (Å²) in [6, 6.07) is 17.4. The zero-order valence-corrected chi connectivity index (χ0v) is 12.0. The van der Waals surface area contributed by atoms with Crippen LogP contribution in [0.4, 0.5) is 5.69 Å². The van der Waals surface area contributed by atoms with Gasteiger partial charge in [-0.1, -0.05) is 42.5 Å². The summed E-state index contributed by atoms with van der Waals surface area (Å²) in [7, 11) is 0. The van der Waals surface area contributed by atoms with E-state index in [9.17, 15) is 5.11 Å². The van der Waals surface area contributed by atoms with Crippen molar-refractivity contribution in [2.45, 2.75) is 13.0 Å². The van der Waals surface area contributed by atoms with Gasteiger partial charge in [0.25, 0.3) is 0 Å². The van der Waals surface area contributed by atoms with Crippen LogP contribution in [-0.4, -0.2) is 16.6 Å². The van der Waals surface area contributed by atoms with Gasteiger partial charge in [-0.2, -0.15) is 0 Å². The lowest BCUT2D eigenvalue weighted by molar-refractivity contribution is 0.475. The predicted molar refractivity (Wildman–Crippen MR) is 87.0 cm³/mol. The lowest BCUT2D eigenvalue weighted by Gasteiger charge is -2.25. The molecule has 0 spiro atoms. The molecular formula is C16H18N2OS. The highest BCUT2D eigenvalue weighted by Gasteiger charge is 2.07. The maximum Gasteiger partial charge on any atom is 0.115 e. The van der Waals surface area contributed by atoms with Gasteiger partial charge in [0.2, 0.25) is 0 Å². The fourth-order valence-electron chi connectivity index (χ4n) is 2.01. The standard InChI is InChI=1S/C16H18N2OS/c17-16(20)10-11-18(14-4-2-1-3-5-14)12-13-6-8-15(19)9-7-13/h1-9,19H,10-12H2,(H2,17,20). The Morgan fingerprint density at radius 1 is 1.05 bits per heavy atom. The fourth-order valence-corrected chi connectivity index (χ4v) is 2.10. The van der Waals surface area contributed by atoms with Crippen molar-refractivity contribution in [1.29, 1.82) is 0 Å². The molecule has 0 radical (unpaired) electrons. The lowest BCUT2D eigenvalue weighted by Crippen LogP contribution is -2.27. The van der Waals surface area contributed by atoms with Gasteiger partial charge in [0, 0.05) is 25.2 Å². The van der Waals surface area contributed by atoms with Gasteiger partial charge >= 0.3 is 0 Å². The molecule has 0 amide bonds. The van der Waals surface area contributed by atoms with E-state index in [-0.39, 0.29) is 5.75 Å². The normalized spacial score (nSPS) is 10.2. The molecule has 0 aliphatic heterocycles. The molecule has 2 aromatic carbocycles. The summed E-state index contributed by atoms with van der Waals surface area (Å²) < 4.78 is 0. The summed E-state index contributed by atoms with van der Waals surface area (Å²) >= 11 is 4.96. The Bertz CT molecular complexity index is 554. The lowest BCUT2D eigenvalue weighted by atomic mass is 10.2. The third-order valence-electron chi connectivity index (χ3n) is 3.06.